The van der Waals surface area contributed by atoms with Gasteiger partial charge in [-0.05, 0) is 36.8 Å². The van der Waals surface area contributed by atoms with Crippen molar-refractivity contribution in [3.05, 3.63) is 65.0 Å². The van der Waals surface area contributed by atoms with Crippen LogP contribution in [0.3, 0.4) is 0 Å². The molecule has 1 aliphatic heterocycles. The van der Waals surface area contributed by atoms with Crippen molar-refractivity contribution in [1.29, 1.82) is 0 Å². The number of anilines is 1. The number of rotatable bonds is 3. The number of para-hydroxylation sites is 1. The van der Waals surface area contributed by atoms with E-state index in [9.17, 15) is 17.6 Å². The zero-order valence-electron chi connectivity index (χ0n) is 14.1. The van der Waals surface area contributed by atoms with Crippen molar-refractivity contribution < 1.29 is 22.3 Å². The Balaban J connectivity index is 2.08. The lowest BCUT2D eigenvalue weighted by Crippen LogP contribution is -2.33. The highest BCUT2D eigenvalue weighted by molar-refractivity contribution is 6.24. The third-order valence-electron chi connectivity index (χ3n) is 4.34. The molecule has 0 aromatic heterocycles. The number of methoxy groups -OCH3 is 1. The lowest BCUT2D eigenvalue weighted by atomic mass is 9.97. The molecule has 1 aliphatic rings. The third kappa shape index (κ3) is 3.38. The highest BCUT2D eigenvalue weighted by Crippen LogP contribution is 2.41. The summed E-state index contributed by atoms with van der Waals surface area (Å²) < 4.78 is 58.5. The Morgan fingerprint density at radius 1 is 1.19 bits per heavy atom. The molecule has 3 rings (SSSR count). The molecule has 7 heteroatoms. The molecule has 0 amide bonds. The van der Waals surface area contributed by atoms with Crippen molar-refractivity contribution in [3.8, 4) is 5.75 Å². The van der Waals surface area contributed by atoms with Crippen LogP contribution >= 0.6 is 11.6 Å². The van der Waals surface area contributed by atoms with Crippen molar-refractivity contribution in [3.63, 3.8) is 0 Å². The highest BCUT2D eigenvalue weighted by atomic mass is 35.5. The van der Waals surface area contributed by atoms with E-state index in [-0.39, 0.29) is 12.3 Å². The van der Waals surface area contributed by atoms with E-state index in [1.54, 1.807) is 24.0 Å². The van der Waals surface area contributed by atoms with Gasteiger partial charge in [0.05, 0.1) is 12.7 Å². The molecule has 1 atom stereocenters. The SMILES string of the molecule is COc1c(F)cccc1CN1c2cc(C(F)(F)F)ccc2C(C)=CC1Cl. The van der Waals surface area contributed by atoms with E-state index in [1.165, 1.54) is 25.3 Å². The molecule has 0 N–H and O–H groups in total. The van der Waals surface area contributed by atoms with E-state index in [0.29, 0.717) is 16.8 Å². The summed E-state index contributed by atoms with van der Waals surface area (Å²) in [7, 11) is 1.34. The summed E-state index contributed by atoms with van der Waals surface area (Å²) in [6.07, 6.45) is -2.71. The van der Waals surface area contributed by atoms with Crippen LogP contribution < -0.4 is 9.64 Å². The van der Waals surface area contributed by atoms with Gasteiger partial charge in [0, 0.05) is 23.4 Å². The molecule has 0 radical (unpaired) electrons. The topological polar surface area (TPSA) is 12.5 Å². The number of fused-ring (bicyclic) bond motifs is 1. The number of nitrogens with zero attached hydrogens (tertiary/aromatic N) is 1. The number of allylic oxidation sites excluding steroid dienone is 1. The van der Waals surface area contributed by atoms with Crippen LogP contribution in [0.25, 0.3) is 5.57 Å². The minimum absolute atomic E-state index is 0.0520. The van der Waals surface area contributed by atoms with Gasteiger partial charge >= 0.3 is 6.18 Å². The van der Waals surface area contributed by atoms with Gasteiger partial charge in [0.25, 0.3) is 0 Å². The van der Waals surface area contributed by atoms with Crippen molar-refractivity contribution in [1.82, 2.24) is 0 Å². The number of halogens is 5. The van der Waals surface area contributed by atoms with Crippen LogP contribution in [0.15, 0.2) is 42.5 Å². The van der Waals surface area contributed by atoms with Gasteiger partial charge in [-0.25, -0.2) is 4.39 Å². The second kappa shape index (κ2) is 6.83. The van der Waals surface area contributed by atoms with Gasteiger partial charge < -0.3 is 9.64 Å². The Kier molecular flexibility index (Phi) is 4.88. The molecule has 2 nitrogen and oxygen atoms in total. The van der Waals surface area contributed by atoms with Crippen LogP contribution in [0.2, 0.25) is 0 Å². The normalized spacial score (nSPS) is 17.0. The van der Waals surface area contributed by atoms with Crippen LogP contribution in [0.4, 0.5) is 23.2 Å². The maximum absolute atomic E-state index is 13.9. The lowest BCUT2D eigenvalue weighted by molar-refractivity contribution is -0.137. The first-order chi connectivity index (χ1) is 12.2. The number of hydrogen-bond acceptors (Lipinski definition) is 2. The van der Waals surface area contributed by atoms with Crippen LogP contribution in [-0.4, -0.2) is 12.6 Å². The minimum Gasteiger partial charge on any atom is -0.493 e. The molecule has 1 heterocycles. The minimum atomic E-state index is -4.46. The zero-order valence-corrected chi connectivity index (χ0v) is 14.8. The Bertz CT molecular complexity index is 863. The summed E-state index contributed by atoms with van der Waals surface area (Å²) in [5.74, 6) is -0.486. The largest absolute Gasteiger partial charge is 0.493 e. The Hall–Kier alpha value is -2.21. The van der Waals surface area contributed by atoms with Crippen LogP contribution in [0.1, 0.15) is 23.6 Å². The molecule has 0 bridgehead atoms. The first-order valence-corrected chi connectivity index (χ1v) is 8.28. The fourth-order valence-corrected chi connectivity index (χ4v) is 3.42. The van der Waals surface area contributed by atoms with Gasteiger partial charge in [-0.1, -0.05) is 29.8 Å². The molecule has 0 saturated heterocycles. The van der Waals surface area contributed by atoms with Crippen molar-refractivity contribution >= 4 is 22.9 Å². The van der Waals surface area contributed by atoms with Gasteiger partial charge in [-0.15, -0.1) is 0 Å². The molecule has 0 aliphatic carbocycles. The Labute approximate surface area is 153 Å². The molecule has 1 unspecified atom stereocenters. The average Bonchev–Trinajstić information content (AvgIpc) is 2.57. The monoisotopic (exact) mass is 385 g/mol. The average molecular weight is 386 g/mol. The van der Waals surface area contributed by atoms with Gasteiger partial charge in [0.2, 0.25) is 0 Å². The first kappa shape index (κ1) is 18.6. The smallest absolute Gasteiger partial charge is 0.416 e. The maximum atomic E-state index is 13.9. The number of alkyl halides is 4. The summed E-state index contributed by atoms with van der Waals surface area (Å²) >= 11 is 6.39. The van der Waals surface area contributed by atoms with Crippen molar-refractivity contribution in [2.24, 2.45) is 0 Å². The van der Waals surface area contributed by atoms with Crippen molar-refractivity contribution in [2.45, 2.75) is 25.1 Å². The summed E-state index contributed by atoms with van der Waals surface area (Å²) in [6.45, 7) is 1.90. The van der Waals surface area contributed by atoms with E-state index < -0.39 is 23.1 Å². The molecule has 2 aromatic rings. The van der Waals surface area contributed by atoms with Gasteiger partial charge in [-0.2, -0.15) is 13.2 Å². The predicted octanol–water partition coefficient (Wildman–Crippen LogP) is 5.84. The molecular formula is C19H16ClF4NO. The van der Waals surface area contributed by atoms with Crippen LogP contribution in [0, 0.1) is 5.82 Å². The maximum Gasteiger partial charge on any atom is 0.416 e. The summed E-state index contributed by atoms with van der Waals surface area (Å²) in [4.78, 5) is 1.59. The fraction of sp³-hybridized carbons (Fsp3) is 0.263. The fourth-order valence-electron chi connectivity index (χ4n) is 3.06. The molecule has 138 valence electrons. The second-order valence-corrected chi connectivity index (χ2v) is 6.46. The highest BCUT2D eigenvalue weighted by Gasteiger charge is 2.33. The van der Waals surface area contributed by atoms with Crippen LogP contribution in [0.5, 0.6) is 5.75 Å². The predicted molar refractivity (Wildman–Crippen MR) is 93.9 cm³/mol. The number of ether oxygens (including phenoxy) is 1. The Morgan fingerprint density at radius 2 is 1.92 bits per heavy atom. The van der Waals surface area contributed by atoms with Crippen molar-refractivity contribution in [2.75, 3.05) is 12.0 Å². The number of hydrogen-bond donors (Lipinski definition) is 0. The van der Waals surface area contributed by atoms with Crippen LogP contribution in [-0.2, 0) is 12.7 Å². The quantitative estimate of drug-likeness (QED) is 0.374. The zero-order chi connectivity index (χ0) is 19.1. The van der Waals surface area contributed by atoms with Gasteiger partial charge in [0.15, 0.2) is 11.6 Å². The first-order valence-electron chi connectivity index (χ1n) is 7.84. The van der Waals surface area contributed by atoms with Gasteiger partial charge in [0.1, 0.15) is 5.50 Å². The summed E-state index contributed by atoms with van der Waals surface area (Å²) in [5.41, 5.74) is 0.868. The standard InChI is InChI=1S/C19H16ClF4NO/c1-11-8-17(20)25(10-12-4-3-5-15(21)18(12)26-2)16-9-13(19(22,23)24)6-7-14(11)16/h3-9,17H,10H2,1-2H3. The molecular weight excluding hydrogens is 370 g/mol. The Morgan fingerprint density at radius 3 is 2.58 bits per heavy atom. The van der Waals surface area contributed by atoms with E-state index in [2.05, 4.69) is 0 Å². The lowest BCUT2D eigenvalue weighted by Gasteiger charge is -2.35. The van der Waals surface area contributed by atoms with E-state index >= 15 is 0 Å². The molecule has 0 spiro atoms. The second-order valence-electron chi connectivity index (χ2n) is 6.01. The summed E-state index contributed by atoms with van der Waals surface area (Å²) in [6, 6.07) is 8.00. The number of benzene rings is 2. The van der Waals surface area contributed by atoms with E-state index in [1.807, 2.05) is 0 Å². The molecule has 26 heavy (non-hydrogen) atoms. The summed E-state index contributed by atoms with van der Waals surface area (Å²) in [5, 5.41) is 0. The third-order valence-corrected chi connectivity index (χ3v) is 4.70. The van der Waals surface area contributed by atoms with E-state index in [0.717, 1.165) is 17.7 Å². The molecule has 0 saturated carbocycles. The van der Waals surface area contributed by atoms with Gasteiger partial charge in [-0.3, -0.25) is 0 Å². The molecule has 0 fully saturated rings. The van der Waals surface area contributed by atoms with E-state index in [4.69, 9.17) is 16.3 Å². The molecule has 2 aromatic carbocycles.